The Hall–Kier alpha value is -0.970. The molecular formula is C17H28FN3. The maximum atomic E-state index is 13.0. The Morgan fingerprint density at radius 1 is 1.14 bits per heavy atom. The maximum absolute atomic E-state index is 13.0. The molecule has 21 heavy (non-hydrogen) atoms. The quantitative estimate of drug-likeness (QED) is 0.874. The molecule has 0 amide bonds. The maximum Gasteiger partial charge on any atom is 0.123 e. The Morgan fingerprint density at radius 3 is 2.57 bits per heavy atom. The van der Waals surface area contributed by atoms with Crippen molar-refractivity contribution in [1.82, 2.24) is 9.80 Å². The van der Waals surface area contributed by atoms with Crippen molar-refractivity contribution in [1.29, 1.82) is 0 Å². The number of hydrogen-bond acceptors (Lipinski definition) is 3. The Kier molecular flexibility index (Phi) is 6.61. The average molecular weight is 293 g/mol. The summed E-state index contributed by atoms with van der Waals surface area (Å²) in [6.07, 6.45) is 3.46. The van der Waals surface area contributed by atoms with Gasteiger partial charge in [0.1, 0.15) is 5.82 Å². The van der Waals surface area contributed by atoms with Crippen molar-refractivity contribution in [2.24, 2.45) is 5.73 Å². The van der Waals surface area contributed by atoms with Gasteiger partial charge in [-0.25, -0.2) is 4.39 Å². The Balaban J connectivity index is 1.86. The van der Waals surface area contributed by atoms with E-state index in [-0.39, 0.29) is 5.82 Å². The summed E-state index contributed by atoms with van der Waals surface area (Å²) in [5, 5.41) is 0. The number of hydrogen-bond donors (Lipinski definition) is 1. The molecule has 0 aliphatic carbocycles. The van der Waals surface area contributed by atoms with E-state index >= 15 is 0 Å². The van der Waals surface area contributed by atoms with Gasteiger partial charge in [-0.2, -0.15) is 0 Å². The van der Waals surface area contributed by atoms with Gasteiger partial charge in [0.05, 0.1) is 0 Å². The highest BCUT2D eigenvalue weighted by Gasteiger charge is 2.20. The zero-order valence-corrected chi connectivity index (χ0v) is 13.1. The van der Waals surface area contributed by atoms with Gasteiger partial charge in [0.15, 0.2) is 0 Å². The number of rotatable bonds is 6. The number of nitrogens with zero attached hydrogens (tertiary/aromatic N) is 2. The molecular weight excluding hydrogens is 265 g/mol. The van der Waals surface area contributed by atoms with Crippen molar-refractivity contribution in [3.05, 3.63) is 35.6 Å². The Morgan fingerprint density at radius 2 is 1.90 bits per heavy atom. The normalized spacial score (nSPS) is 19.4. The van der Waals surface area contributed by atoms with Gasteiger partial charge in [-0.15, -0.1) is 0 Å². The second-order valence-electron chi connectivity index (χ2n) is 5.93. The molecule has 1 aromatic carbocycles. The first-order chi connectivity index (χ1) is 10.2. The molecule has 1 aliphatic rings. The van der Waals surface area contributed by atoms with E-state index in [1.165, 1.54) is 24.9 Å². The fourth-order valence-electron chi connectivity index (χ4n) is 3.20. The van der Waals surface area contributed by atoms with Crippen LogP contribution in [0.25, 0.3) is 0 Å². The first kappa shape index (κ1) is 16.4. The highest BCUT2D eigenvalue weighted by atomic mass is 19.1. The smallest absolute Gasteiger partial charge is 0.123 e. The predicted molar refractivity (Wildman–Crippen MR) is 85.6 cm³/mol. The van der Waals surface area contributed by atoms with E-state index < -0.39 is 0 Å². The van der Waals surface area contributed by atoms with Crippen molar-refractivity contribution < 1.29 is 4.39 Å². The van der Waals surface area contributed by atoms with Crippen LogP contribution in [0.4, 0.5) is 4.39 Å². The van der Waals surface area contributed by atoms with Crippen LogP contribution in [0.3, 0.4) is 0 Å². The second-order valence-corrected chi connectivity index (χ2v) is 5.93. The van der Waals surface area contributed by atoms with Crippen molar-refractivity contribution in [2.75, 3.05) is 32.7 Å². The third-order valence-electron chi connectivity index (χ3n) is 4.43. The minimum Gasteiger partial charge on any atom is -0.330 e. The third kappa shape index (κ3) is 5.06. The summed E-state index contributed by atoms with van der Waals surface area (Å²) in [6, 6.07) is 7.50. The van der Waals surface area contributed by atoms with Gasteiger partial charge in [-0.3, -0.25) is 9.80 Å². The molecule has 1 aliphatic heterocycles. The molecule has 1 aromatic rings. The van der Waals surface area contributed by atoms with Crippen LogP contribution in [0.5, 0.6) is 0 Å². The van der Waals surface area contributed by atoms with Crippen molar-refractivity contribution >= 4 is 0 Å². The predicted octanol–water partition coefficient (Wildman–Crippen LogP) is 2.46. The Bertz CT molecular complexity index is 407. The summed E-state index contributed by atoms with van der Waals surface area (Å²) in [5.74, 6) is -0.159. The van der Waals surface area contributed by atoms with Gasteiger partial charge >= 0.3 is 0 Å². The molecule has 2 rings (SSSR count). The van der Waals surface area contributed by atoms with Gasteiger partial charge in [-0.1, -0.05) is 19.1 Å². The molecule has 2 N–H and O–H groups in total. The monoisotopic (exact) mass is 293 g/mol. The number of nitrogens with two attached hydrogens (primary N) is 1. The Labute approximate surface area is 127 Å². The average Bonchev–Trinajstić information content (AvgIpc) is 2.73. The van der Waals surface area contributed by atoms with Gasteiger partial charge < -0.3 is 5.73 Å². The molecule has 1 fully saturated rings. The number of halogens is 1. The van der Waals surface area contributed by atoms with E-state index in [0.717, 1.165) is 39.1 Å². The zero-order valence-electron chi connectivity index (χ0n) is 13.1. The van der Waals surface area contributed by atoms with Crippen molar-refractivity contribution in [3.8, 4) is 0 Å². The van der Waals surface area contributed by atoms with Crippen LogP contribution >= 0.6 is 0 Å². The standard InChI is InChI=1S/C17H28FN3/c1-2-17(8-9-19)21-11-3-10-20(12-13-21)14-15-4-6-16(18)7-5-15/h4-7,17H,2-3,8-14,19H2,1H3. The van der Waals surface area contributed by atoms with Gasteiger partial charge in [-0.05, 0) is 56.6 Å². The second kappa shape index (κ2) is 8.47. The van der Waals surface area contributed by atoms with Crippen LogP contribution in [-0.2, 0) is 6.54 Å². The summed E-state index contributed by atoms with van der Waals surface area (Å²) in [6.45, 7) is 8.42. The van der Waals surface area contributed by atoms with Gasteiger partial charge in [0.2, 0.25) is 0 Å². The molecule has 4 heteroatoms. The lowest BCUT2D eigenvalue weighted by molar-refractivity contribution is 0.184. The van der Waals surface area contributed by atoms with Crippen LogP contribution in [0, 0.1) is 5.82 Å². The molecule has 1 unspecified atom stereocenters. The summed E-state index contributed by atoms with van der Waals surface area (Å²) in [7, 11) is 0. The van der Waals surface area contributed by atoms with Crippen molar-refractivity contribution in [2.45, 2.75) is 38.8 Å². The minimum atomic E-state index is -0.159. The van der Waals surface area contributed by atoms with E-state index in [9.17, 15) is 4.39 Å². The zero-order chi connectivity index (χ0) is 15.1. The third-order valence-corrected chi connectivity index (χ3v) is 4.43. The van der Waals surface area contributed by atoms with E-state index in [1.54, 1.807) is 12.1 Å². The molecule has 0 spiro atoms. The lowest BCUT2D eigenvalue weighted by Gasteiger charge is -2.29. The largest absolute Gasteiger partial charge is 0.330 e. The fourth-order valence-corrected chi connectivity index (χ4v) is 3.20. The molecule has 118 valence electrons. The summed E-state index contributed by atoms with van der Waals surface area (Å²) >= 11 is 0. The fraction of sp³-hybridized carbons (Fsp3) is 0.647. The first-order valence-corrected chi connectivity index (χ1v) is 8.14. The first-order valence-electron chi connectivity index (χ1n) is 8.14. The SMILES string of the molecule is CCC(CCN)N1CCCN(Cc2ccc(F)cc2)CC1. The summed E-state index contributed by atoms with van der Waals surface area (Å²) < 4.78 is 13.0. The van der Waals surface area contributed by atoms with Crippen molar-refractivity contribution in [3.63, 3.8) is 0 Å². The highest BCUT2D eigenvalue weighted by Crippen LogP contribution is 2.14. The highest BCUT2D eigenvalue weighted by molar-refractivity contribution is 5.15. The minimum absolute atomic E-state index is 0.159. The topological polar surface area (TPSA) is 32.5 Å². The van der Waals surface area contributed by atoms with Crippen LogP contribution in [0.15, 0.2) is 24.3 Å². The lowest BCUT2D eigenvalue weighted by atomic mass is 10.1. The molecule has 1 saturated heterocycles. The van der Waals surface area contributed by atoms with E-state index in [0.29, 0.717) is 6.04 Å². The van der Waals surface area contributed by atoms with Crippen LogP contribution in [0.1, 0.15) is 31.7 Å². The summed E-state index contributed by atoms with van der Waals surface area (Å²) in [5.41, 5.74) is 6.92. The van der Waals surface area contributed by atoms with Gasteiger partial charge in [0, 0.05) is 25.7 Å². The molecule has 1 atom stereocenters. The van der Waals surface area contributed by atoms with E-state index in [4.69, 9.17) is 5.73 Å². The molecule has 0 saturated carbocycles. The molecule has 0 aromatic heterocycles. The van der Waals surface area contributed by atoms with E-state index in [1.807, 2.05) is 12.1 Å². The van der Waals surface area contributed by atoms with Crippen LogP contribution < -0.4 is 5.73 Å². The number of benzene rings is 1. The van der Waals surface area contributed by atoms with E-state index in [2.05, 4.69) is 16.7 Å². The van der Waals surface area contributed by atoms with Crippen LogP contribution in [0.2, 0.25) is 0 Å². The molecule has 0 radical (unpaired) electrons. The lowest BCUT2D eigenvalue weighted by Crippen LogP contribution is -2.39. The molecule has 0 bridgehead atoms. The molecule has 3 nitrogen and oxygen atoms in total. The van der Waals surface area contributed by atoms with Gasteiger partial charge in [0.25, 0.3) is 0 Å². The molecule has 1 heterocycles. The van der Waals surface area contributed by atoms with Crippen LogP contribution in [-0.4, -0.2) is 48.6 Å². The summed E-state index contributed by atoms with van der Waals surface area (Å²) in [4.78, 5) is 5.07.